The molecular formula is C15H23N3O2. The van der Waals surface area contributed by atoms with Gasteiger partial charge >= 0.3 is 0 Å². The monoisotopic (exact) mass is 277 g/mol. The van der Waals surface area contributed by atoms with Crippen molar-refractivity contribution in [3.8, 4) is 5.75 Å². The zero-order valence-corrected chi connectivity index (χ0v) is 12.0. The molecule has 3 N–H and O–H groups in total. The summed E-state index contributed by atoms with van der Waals surface area (Å²) in [5.41, 5.74) is 6.74. The van der Waals surface area contributed by atoms with Crippen LogP contribution < -0.4 is 15.8 Å². The van der Waals surface area contributed by atoms with E-state index in [-0.39, 0.29) is 11.9 Å². The number of benzene rings is 1. The van der Waals surface area contributed by atoms with Gasteiger partial charge in [0, 0.05) is 19.6 Å². The molecule has 5 heteroatoms. The molecule has 0 spiro atoms. The van der Waals surface area contributed by atoms with Gasteiger partial charge in [-0.05, 0) is 37.6 Å². The smallest absolute Gasteiger partial charge is 0.237 e. The Morgan fingerprint density at radius 1 is 1.40 bits per heavy atom. The lowest BCUT2D eigenvalue weighted by molar-refractivity contribution is -0.128. The number of nitrogens with zero attached hydrogens (tertiary/aromatic N) is 1. The molecule has 1 atom stereocenters. The van der Waals surface area contributed by atoms with Crippen LogP contribution in [0, 0.1) is 0 Å². The summed E-state index contributed by atoms with van der Waals surface area (Å²) in [6, 6.07) is 7.95. The lowest BCUT2D eigenvalue weighted by Crippen LogP contribution is -2.54. The normalized spacial score (nSPS) is 19.7. The number of nitrogens with one attached hydrogen (secondary N) is 1. The average Bonchev–Trinajstić information content (AvgIpc) is 2.46. The van der Waals surface area contributed by atoms with Crippen LogP contribution in [-0.2, 0) is 11.2 Å². The summed E-state index contributed by atoms with van der Waals surface area (Å²) in [4.78, 5) is 13.7. The minimum absolute atomic E-state index is 0.0701. The van der Waals surface area contributed by atoms with Crippen LogP contribution in [0.4, 0.5) is 0 Å². The molecule has 1 fully saturated rings. The van der Waals surface area contributed by atoms with E-state index in [2.05, 4.69) is 10.2 Å². The fraction of sp³-hybridized carbons (Fsp3) is 0.533. The maximum atomic E-state index is 11.5. The van der Waals surface area contributed by atoms with Gasteiger partial charge in [-0.2, -0.15) is 0 Å². The first-order valence-corrected chi connectivity index (χ1v) is 7.14. The molecule has 2 rings (SSSR count). The summed E-state index contributed by atoms with van der Waals surface area (Å²) in [5.74, 6) is 0.960. The van der Waals surface area contributed by atoms with Crippen molar-refractivity contribution in [2.24, 2.45) is 5.73 Å². The number of carbonyl (C=O) groups is 1. The highest BCUT2D eigenvalue weighted by molar-refractivity contribution is 5.81. The number of carbonyl (C=O) groups excluding carboxylic acids is 1. The molecule has 1 saturated heterocycles. The number of amides is 1. The van der Waals surface area contributed by atoms with Gasteiger partial charge in [-0.15, -0.1) is 0 Å². The highest BCUT2D eigenvalue weighted by atomic mass is 16.5. The predicted octanol–water partition coefficient (Wildman–Crippen LogP) is 0.387. The SMILES string of the molecule is CC1C(=O)NCCN1CCOc1ccc(CCN)cc1. The van der Waals surface area contributed by atoms with Crippen LogP contribution in [0.5, 0.6) is 5.75 Å². The summed E-state index contributed by atoms with van der Waals surface area (Å²) in [6.07, 6.45) is 0.890. The summed E-state index contributed by atoms with van der Waals surface area (Å²) in [5, 5.41) is 2.86. The van der Waals surface area contributed by atoms with E-state index in [9.17, 15) is 4.79 Å². The van der Waals surface area contributed by atoms with Crippen molar-refractivity contribution < 1.29 is 9.53 Å². The number of nitrogens with two attached hydrogens (primary N) is 1. The second-order valence-electron chi connectivity index (χ2n) is 5.03. The first-order chi connectivity index (χ1) is 9.70. The molecule has 1 aromatic carbocycles. The third kappa shape index (κ3) is 3.95. The molecule has 1 unspecified atom stereocenters. The molecular weight excluding hydrogens is 254 g/mol. The molecule has 0 aliphatic carbocycles. The topological polar surface area (TPSA) is 67.6 Å². The quantitative estimate of drug-likeness (QED) is 0.789. The Morgan fingerprint density at radius 3 is 2.85 bits per heavy atom. The zero-order valence-electron chi connectivity index (χ0n) is 12.0. The number of hydrogen-bond acceptors (Lipinski definition) is 4. The lowest BCUT2D eigenvalue weighted by Gasteiger charge is -2.32. The molecule has 0 saturated carbocycles. The average molecular weight is 277 g/mol. The Kier molecular flexibility index (Phi) is 5.38. The lowest BCUT2D eigenvalue weighted by atomic mass is 10.1. The van der Waals surface area contributed by atoms with E-state index < -0.39 is 0 Å². The standard InChI is InChI=1S/C15H23N3O2/c1-12-15(19)17-8-9-18(12)10-11-20-14-4-2-13(3-5-14)6-7-16/h2-5,12H,6-11,16H2,1H3,(H,17,19). The molecule has 0 bridgehead atoms. The van der Waals surface area contributed by atoms with Gasteiger partial charge in [-0.25, -0.2) is 0 Å². The van der Waals surface area contributed by atoms with Crippen LogP contribution in [0.15, 0.2) is 24.3 Å². The van der Waals surface area contributed by atoms with Gasteiger partial charge in [0.2, 0.25) is 5.91 Å². The van der Waals surface area contributed by atoms with Crippen molar-refractivity contribution in [2.45, 2.75) is 19.4 Å². The van der Waals surface area contributed by atoms with Gasteiger partial charge in [-0.1, -0.05) is 12.1 Å². The van der Waals surface area contributed by atoms with Gasteiger partial charge in [0.1, 0.15) is 12.4 Å². The van der Waals surface area contributed by atoms with Crippen molar-refractivity contribution in [1.82, 2.24) is 10.2 Å². The first kappa shape index (κ1) is 14.8. The number of rotatable bonds is 6. The summed E-state index contributed by atoms with van der Waals surface area (Å²) < 4.78 is 5.72. The maximum Gasteiger partial charge on any atom is 0.237 e. The number of ether oxygens (including phenoxy) is 1. The summed E-state index contributed by atoms with van der Waals surface area (Å²) >= 11 is 0. The summed E-state index contributed by atoms with van der Waals surface area (Å²) in [6.45, 7) is 5.54. The third-order valence-corrected chi connectivity index (χ3v) is 3.63. The van der Waals surface area contributed by atoms with Crippen molar-refractivity contribution in [2.75, 3.05) is 32.8 Å². The first-order valence-electron chi connectivity index (χ1n) is 7.14. The molecule has 1 heterocycles. The Morgan fingerprint density at radius 2 is 2.15 bits per heavy atom. The second kappa shape index (κ2) is 7.26. The minimum Gasteiger partial charge on any atom is -0.492 e. The van der Waals surface area contributed by atoms with Gasteiger partial charge in [0.15, 0.2) is 0 Å². The fourth-order valence-corrected chi connectivity index (χ4v) is 2.34. The van der Waals surface area contributed by atoms with E-state index >= 15 is 0 Å². The van der Waals surface area contributed by atoms with E-state index in [1.54, 1.807) is 0 Å². The zero-order chi connectivity index (χ0) is 14.4. The van der Waals surface area contributed by atoms with Gasteiger partial charge in [-0.3, -0.25) is 9.69 Å². The molecule has 1 amide bonds. The van der Waals surface area contributed by atoms with Gasteiger partial charge in [0.25, 0.3) is 0 Å². The minimum atomic E-state index is -0.0701. The van der Waals surface area contributed by atoms with Crippen LogP contribution in [0.2, 0.25) is 0 Å². The molecule has 1 aliphatic heterocycles. The van der Waals surface area contributed by atoms with Crippen LogP contribution >= 0.6 is 0 Å². The second-order valence-corrected chi connectivity index (χ2v) is 5.03. The molecule has 110 valence electrons. The Hall–Kier alpha value is -1.59. The predicted molar refractivity (Wildman–Crippen MR) is 78.7 cm³/mol. The van der Waals surface area contributed by atoms with Gasteiger partial charge < -0.3 is 15.8 Å². The highest BCUT2D eigenvalue weighted by Gasteiger charge is 2.24. The van der Waals surface area contributed by atoms with E-state index in [1.165, 1.54) is 5.56 Å². The van der Waals surface area contributed by atoms with Crippen LogP contribution in [0.3, 0.4) is 0 Å². The maximum absolute atomic E-state index is 11.5. The van der Waals surface area contributed by atoms with E-state index in [4.69, 9.17) is 10.5 Å². The Balaban J connectivity index is 1.76. The number of piperazine rings is 1. The van der Waals surface area contributed by atoms with Crippen molar-refractivity contribution in [3.63, 3.8) is 0 Å². The van der Waals surface area contributed by atoms with Crippen LogP contribution in [0.1, 0.15) is 12.5 Å². The molecule has 0 radical (unpaired) electrons. The van der Waals surface area contributed by atoms with Crippen molar-refractivity contribution in [3.05, 3.63) is 29.8 Å². The highest BCUT2D eigenvalue weighted by Crippen LogP contribution is 2.12. The molecule has 5 nitrogen and oxygen atoms in total. The van der Waals surface area contributed by atoms with E-state index in [0.29, 0.717) is 13.2 Å². The van der Waals surface area contributed by atoms with Crippen LogP contribution in [-0.4, -0.2) is 49.6 Å². The van der Waals surface area contributed by atoms with Gasteiger partial charge in [0.05, 0.1) is 6.04 Å². The third-order valence-electron chi connectivity index (χ3n) is 3.63. The largest absolute Gasteiger partial charge is 0.492 e. The Labute approximate surface area is 120 Å². The molecule has 1 aromatic rings. The van der Waals surface area contributed by atoms with Crippen LogP contribution in [0.25, 0.3) is 0 Å². The van der Waals surface area contributed by atoms with Crippen molar-refractivity contribution in [1.29, 1.82) is 0 Å². The summed E-state index contributed by atoms with van der Waals surface area (Å²) in [7, 11) is 0. The Bertz CT molecular complexity index is 433. The van der Waals surface area contributed by atoms with E-state index in [1.807, 2.05) is 31.2 Å². The molecule has 1 aliphatic rings. The fourth-order valence-electron chi connectivity index (χ4n) is 2.34. The molecule has 20 heavy (non-hydrogen) atoms. The van der Waals surface area contributed by atoms with Crippen molar-refractivity contribution >= 4 is 5.91 Å². The molecule has 0 aromatic heterocycles. The number of hydrogen-bond donors (Lipinski definition) is 2. The van der Waals surface area contributed by atoms with E-state index in [0.717, 1.165) is 31.8 Å².